The number of hydrogen-bond acceptors (Lipinski definition) is 2. The summed E-state index contributed by atoms with van der Waals surface area (Å²) in [7, 11) is 0. The predicted octanol–water partition coefficient (Wildman–Crippen LogP) is 17.2. The van der Waals surface area contributed by atoms with Crippen LogP contribution < -0.4 is 4.90 Å². The van der Waals surface area contributed by atoms with E-state index in [1.807, 2.05) is 6.07 Å². The van der Waals surface area contributed by atoms with Crippen LogP contribution in [-0.4, -0.2) is 0 Å². The smallest absolute Gasteiger partial charge is 0.143 e. The van der Waals surface area contributed by atoms with Gasteiger partial charge in [0.2, 0.25) is 0 Å². The van der Waals surface area contributed by atoms with Gasteiger partial charge in [-0.3, -0.25) is 0 Å². The Hall–Kier alpha value is -7.68. The van der Waals surface area contributed by atoms with E-state index in [-0.39, 0.29) is 10.8 Å². The van der Waals surface area contributed by atoms with Crippen LogP contribution in [-0.2, 0) is 5.41 Å². The summed E-state index contributed by atoms with van der Waals surface area (Å²) in [6.45, 7) is 7.32. The number of benzene rings is 9. The van der Waals surface area contributed by atoms with Crippen LogP contribution in [0.5, 0.6) is 0 Å². The van der Waals surface area contributed by atoms with Gasteiger partial charge in [0.1, 0.15) is 11.2 Å². The first-order valence-corrected chi connectivity index (χ1v) is 22.5. The van der Waals surface area contributed by atoms with Gasteiger partial charge in [-0.05, 0) is 73.8 Å². The van der Waals surface area contributed by atoms with Crippen molar-refractivity contribution in [3.8, 4) is 33.4 Å². The van der Waals surface area contributed by atoms with E-state index in [2.05, 4.69) is 244 Å². The number of para-hydroxylation sites is 5. The molecule has 12 rings (SSSR count). The average Bonchev–Trinajstić information content (AvgIpc) is 3.81. The third-order valence-corrected chi connectivity index (χ3v) is 14.6. The number of hydrogen-bond donors (Lipinski definition) is 0. The summed E-state index contributed by atoms with van der Waals surface area (Å²) >= 11 is 0. The van der Waals surface area contributed by atoms with E-state index in [1.165, 1.54) is 49.7 Å². The summed E-state index contributed by atoms with van der Waals surface area (Å²) in [5, 5.41) is 4.67. The maximum atomic E-state index is 6.76. The van der Waals surface area contributed by atoms with Crippen LogP contribution >= 0.6 is 0 Å². The molecule has 2 atom stereocenters. The molecule has 2 heteroatoms. The molecule has 0 bridgehead atoms. The number of furan rings is 1. The van der Waals surface area contributed by atoms with Crippen LogP contribution in [0.15, 0.2) is 229 Å². The van der Waals surface area contributed by atoms with E-state index in [9.17, 15) is 0 Å². The monoisotopic (exact) mass is 821 g/mol. The van der Waals surface area contributed by atoms with Crippen LogP contribution in [0.2, 0.25) is 0 Å². The predicted molar refractivity (Wildman–Crippen MR) is 270 cm³/mol. The molecule has 0 saturated heterocycles. The molecule has 64 heavy (non-hydrogen) atoms. The molecule has 1 aromatic heterocycles. The molecule has 2 aliphatic carbocycles. The zero-order chi connectivity index (χ0) is 43.0. The van der Waals surface area contributed by atoms with Crippen molar-refractivity contribution in [2.75, 3.05) is 4.90 Å². The highest BCUT2D eigenvalue weighted by Crippen LogP contribution is 2.62. The van der Waals surface area contributed by atoms with Gasteiger partial charge in [-0.25, -0.2) is 0 Å². The lowest BCUT2D eigenvalue weighted by molar-refractivity contribution is 0.246. The molecular weight excluding hydrogens is 775 g/mol. The summed E-state index contributed by atoms with van der Waals surface area (Å²) in [6, 6.07) is 75.0. The minimum absolute atomic E-state index is 0.0752. The highest BCUT2D eigenvalue weighted by Gasteiger charge is 2.54. The van der Waals surface area contributed by atoms with Crippen LogP contribution in [0, 0.1) is 5.41 Å². The van der Waals surface area contributed by atoms with E-state index in [1.54, 1.807) is 0 Å². The average molecular weight is 822 g/mol. The first-order chi connectivity index (χ1) is 31.4. The fourth-order valence-corrected chi connectivity index (χ4v) is 11.1. The van der Waals surface area contributed by atoms with Gasteiger partial charge in [0.05, 0.1) is 17.1 Å². The van der Waals surface area contributed by atoms with Gasteiger partial charge < -0.3 is 9.32 Å². The Balaban J connectivity index is 1.13. The Bertz CT molecular complexity index is 3510. The van der Waals surface area contributed by atoms with E-state index in [0.29, 0.717) is 5.92 Å². The molecule has 0 amide bonds. The Morgan fingerprint density at radius 1 is 0.453 bits per heavy atom. The molecule has 2 aliphatic rings. The number of allylic oxidation sites excluding steroid dienone is 4. The lowest BCUT2D eigenvalue weighted by Gasteiger charge is -2.42. The first kappa shape index (κ1) is 38.0. The molecule has 0 fully saturated rings. The maximum Gasteiger partial charge on any atom is 0.143 e. The molecule has 306 valence electrons. The number of fused-ring (bicyclic) bond motifs is 7. The van der Waals surface area contributed by atoms with E-state index in [4.69, 9.17) is 4.42 Å². The van der Waals surface area contributed by atoms with Crippen molar-refractivity contribution in [2.24, 2.45) is 5.41 Å². The van der Waals surface area contributed by atoms with Crippen LogP contribution in [0.4, 0.5) is 17.1 Å². The van der Waals surface area contributed by atoms with Crippen molar-refractivity contribution in [3.05, 3.63) is 241 Å². The minimum atomic E-state index is -0.137. The van der Waals surface area contributed by atoms with Gasteiger partial charge in [0.25, 0.3) is 0 Å². The van der Waals surface area contributed by atoms with Crippen LogP contribution in [0.3, 0.4) is 0 Å². The van der Waals surface area contributed by atoms with Crippen molar-refractivity contribution in [1.82, 2.24) is 0 Å². The fraction of sp³-hybridized carbons (Fsp3) is 0.0968. The van der Waals surface area contributed by atoms with Gasteiger partial charge in [-0.2, -0.15) is 0 Å². The maximum absolute atomic E-state index is 6.76. The van der Waals surface area contributed by atoms with E-state index in [0.717, 1.165) is 55.7 Å². The van der Waals surface area contributed by atoms with Crippen molar-refractivity contribution < 1.29 is 4.42 Å². The third kappa shape index (κ3) is 5.72. The Morgan fingerprint density at radius 2 is 1.00 bits per heavy atom. The van der Waals surface area contributed by atoms with Gasteiger partial charge in [0.15, 0.2) is 0 Å². The zero-order valence-corrected chi connectivity index (χ0v) is 36.3. The molecule has 1 heterocycles. The Morgan fingerprint density at radius 3 is 1.77 bits per heavy atom. The first-order valence-electron chi connectivity index (χ1n) is 22.5. The Labute approximate surface area is 375 Å². The van der Waals surface area contributed by atoms with Gasteiger partial charge in [-0.1, -0.05) is 221 Å². The summed E-state index contributed by atoms with van der Waals surface area (Å²) in [6.07, 6.45) is 7.43. The second-order valence-corrected chi connectivity index (χ2v) is 18.2. The third-order valence-electron chi connectivity index (χ3n) is 14.6. The SMILES string of the molecule is CC1(C)c2ccccc2C2C=CC(c3ccccc3N(c3ccccc3-c3cccc4c3oc3ccccc34)c3ccccc3-c3cccc4cccc(-c5ccccc5)c34)=CC21C. The quantitative estimate of drug-likeness (QED) is 0.159. The molecule has 9 aromatic carbocycles. The normalized spacial score (nSPS) is 17.4. The summed E-state index contributed by atoms with van der Waals surface area (Å²) in [5.74, 6) is 0.293. The van der Waals surface area contributed by atoms with Crippen molar-refractivity contribution in [3.63, 3.8) is 0 Å². The van der Waals surface area contributed by atoms with Crippen molar-refractivity contribution >= 4 is 55.3 Å². The van der Waals surface area contributed by atoms with Gasteiger partial charge in [-0.15, -0.1) is 0 Å². The van der Waals surface area contributed by atoms with Gasteiger partial charge in [0, 0.05) is 44.4 Å². The van der Waals surface area contributed by atoms with Crippen LogP contribution in [0.25, 0.3) is 71.7 Å². The molecule has 0 spiro atoms. The lowest BCUT2D eigenvalue weighted by atomic mass is 9.61. The fourth-order valence-electron chi connectivity index (χ4n) is 11.1. The second-order valence-electron chi connectivity index (χ2n) is 18.2. The summed E-state index contributed by atoms with van der Waals surface area (Å²) in [5.41, 5.74) is 17.0. The lowest BCUT2D eigenvalue weighted by Crippen LogP contribution is -2.36. The largest absolute Gasteiger partial charge is 0.455 e. The van der Waals surface area contributed by atoms with Crippen molar-refractivity contribution in [2.45, 2.75) is 32.1 Å². The molecule has 2 nitrogen and oxygen atoms in total. The number of anilines is 3. The summed E-state index contributed by atoms with van der Waals surface area (Å²) < 4.78 is 6.76. The molecule has 0 aliphatic heterocycles. The molecule has 0 radical (unpaired) electrons. The highest BCUT2D eigenvalue weighted by atomic mass is 16.3. The topological polar surface area (TPSA) is 16.4 Å². The molecular formula is C62H47NO. The Kier molecular flexibility index (Phi) is 8.74. The molecule has 0 saturated carbocycles. The zero-order valence-electron chi connectivity index (χ0n) is 36.3. The summed E-state index contributed by atoms with van der Waals surface area (Å²) in [4.78, 5) is 2.52. The molecule has 10 aromatic rings. The highest BCUT2D eigenvalue weighted by molar-refractivity contribution is 6.12. The van der Waals surface area contributed by atoms with Crippen LogP contribution in [0.1, 0.15) is 43.4 Å². The second kappa shape index (κ2) is 14.7. The van der Waals surface area contributed by atoms with E-state index < -0.39 is 0 Å². The standard InChI is InChI=1S/C62H47NO/c1-61(2)53-33-12-7-28-52(53)54-39-38-43(40-62(54,61)3)44-24-8-13-34-55(44)63(57-36-15-10-26-47(57)50-31-19-32-51-48-27-11-16-37-58(48)64-60(50)51)56-35-14-9-25-46(56)49-30-18-23-42-22-17-29-45(59(42)49)41-20-5-4-6-21-41/h4-40,54H,1-3H3. The number of nitrogens with zero attached hydrogens (tertiary/aromatic N) is 1. The van der Waals surface area contributed by atoms with Gasteiger partial charge >= 0.3 is 0 Å². The van der Waals surface area contributed by atoms with Crippen molar-refractivity contribution in [1.29, 1.82) is 0 Å². The number of rotatable bonds is 7. The molecule has 2 unspecified atom stereocenters. The molecule has 0 N–H and O–H groups in total. The van der Waals surface area contributed by atoms with E-state index >= 15 is 0 Å². The minimum Gasteiger partial charge on any atom is -0.455 e.